The summed E-state index contributed by atoms with van der Waals surface area (Å²) < 4.78 is 10.9. The zero-order chi connectivity index (χ0) is 14.1. The van der Waals surface area contributed by atoms with Gasteiger partial charge in [-0.2, -0.15) is 0 Å². The first-order valence-corrected chi connectivity index (χ1v) is 6.50. The third-order valence-corrected chi connectivity index (χ3v) is 3.46. The number of hydrogen-bond acceptors (Lipinski definition) is 5. The molecule has 1 aliphatic heterocycles. The number of aliphatic hydroxyl groups is 2. The molecule has 0 bridgehead atoms. The largest absolute Gasteiger partial charge is 0.504 e. The lowest BCUT2D eigenvalue weighted by Crippen LogP contribution is -2.24. The third kappa shape index (κ3) is 2.43. The lowest BCUT2D eigenvalue weighted by atomic mass is 10.1. The van der Waals surface area contributed by atoms with Crippen LogP contribution in [0, 0.1) is 0 Å². The second kappa shape index (κ2) is 5.28. The van der Waals surface area contributed by atoms with Crippen molar-refractivity contribution in [2.75, 3.05) is 6.61 Å². The van der Waals surface area contributed by atoms with Crippen molar-refractivity contribution in [3.8, 4) is 11.5 Å². The van der Waals surface area contributed by atoms with Gasteiger partial charge in [-0.15, -0.1) is 0 Å². The summed E-state index contributed by atoms with van der Waals surface area (Å²) in [6.07, 6.45) is -1.80. The van der Waals surface area contributed by atoms with Gasteiger partial charge in [0.1, 0.15) is 6.10 Å². The Labute approximate surface area is 116 Å². The minimum absolute atomic E-state index is 0.0224. The Hall–Kier alpha value is -1.82. The fourth-order valence-electron chi connectivity index (χ4n) is 2.37. The van der Waals surface area contributed by atoms with Crippen molar-refractivity contribution in [1.82, 2.24) is 0 Å². The average molecular weight is 276 g/mol. The van der Waals surface area contributed by atoms with Crippen molar-refractivity contribution in [1.29, 1.82) is 0 Å². The van der Waals surface area contributed by atoms with E-state index in [4.69, 9.17) is 14.6 Å². The summed E-state index contributed by atoms with van der Waals surface area (Å²) in [7, 11) is 0. The summed E-state index contributed by atoms with van der Waals surface area (Å²) in [4.78, 5) is 0. The molecule has 1 aliphatic rings. The highest BCUT2D eigenvalue weighted by atomic mass is 16.7. The molecule has 0 aliphatic carbocycles. The van der Waals surface area contributed by atoms with Crippen molar-refractivity contribution in [3.63, 3.8) is 0 Å². The molecule has 0 saturated carbocycles. The van der Waals surface area contributed by atoms with Gasteiger partial charge in [-0.05, 0) is 22.9 Å². The zero-order valence-electron chi connectivity index (χ0n) is 10.8. The summed E-state index contributed by atoms with van der Waals surface area (Å²) in [5.41, 5.74) is 0. The average Bonchev–Trinajstić information content (AvgIpc) is 2.79. The Bertz CT molecular complexity index is 612. The van der Waals surface area contributed by atoms with E-state index in [1.807, 2.05) is 24.3 Å². The van der Waals surface area contributed by atoms with E-state index < -0.39 is 18.5 Å². The molecule has 0 aromatic heterocycles. The molecule has 106 valence electrons. The highest BCUT2D eigenvalue weighted by molar-refractivity contribution is 5.85. The van der Waals surface area contributed by atoms with Crippen LogP contribution in [-0.4, -0.2) is 40.4 Å². The maximum atomic E-state index is 9.97. The van der Waals surface area contributed by atoms with Crippen LogP contribution in [0.4, 0.5) is 0 Å². The lowest BCUT2D eigenvalue weighted by Gasteiger charge is -2.15. The van der Waals surface area contributed by atoms with Crippen LogP contribution in [-0.2, 0) is 4.74 Å². The second-order valence-corrected chi connectivity index (χ2v) is 4.87. The number of fused-ring (bicyclic) bond motifs is 1. The predicted molar refractivity (Wildman–Crippen MR) is 72.6 cm³/mol. The Kier molecular flexibility index (Phi) is 3.48. The molecule has 20 heavy (non-hydrogen) atoms. The molecule has 3 atom stereocenters. The molecule has 2 aromatic rings. The van der Waals surface area contributed by atoms with Crippen molar-refractivity contribution in [2.45, 2.75) is 24.9 Å². The van der Waals surface area contributed by atoms with Gasteiger partial charge >= 0.3 is 0 Å². The quantitative estimate of drug-likeness (QED) is 0.789. The van der Waals surface area contributed by atoms with Crippen molar-refractivity contribution >= 4 is 10.8 Å². The number of aliphatic hydroxyl groups excluding tert-OH is 2. The Morgan fingerprint density at radius 1 is 1.20 bits per heavy atom. The molecule has 5 heteroatoms. The Balaban J connectivity index is 1.82. The number of rotatable bonds is 3. The van der Waals surface area contributed by atoms with E-state index in [1.165, 1.54) is 0 Å². The van der Waals surface area contributed by atoms with Crippen molar-refractivity contribution in [2.24, 2.45) is 0 Å². The van der Waals surface area contributed by atoms with Crippen LogP contribution >= 0.6 is 0 Å². The van der Waals surface area contributed by atoms with Crippen LogP contribution < -0.4 is 4.74 Å². The fraction of sp³-hybridized carbons (Fsp3) is 0.333. The molecule has 0 amide bonds. The van der Waals surface area contributed by atoms with Gasteiger partial charge in [-0.1, -0.05) is 24.3 Å². The monoisotopic (exact) mass is 276 g/mol. The normalized spacial score (nSPS) is 26.0. The minimum Gasteiger partial charge on any atom is -0.504 e. The van der Waals surface area contributed by atoms with Crippen LogP contribution in [0.5, 0.6) is 11.5 Å². The third-order valence-electron chi connectivity index (χ3n) is 3.46. The summed E-state index contributed by atoms with van der Waals surface area (Å²) in [6, 6.07) is 11.0. The van der Waals surface area contributed by atoms with Gasteiger partial charge in [0.2, 0.25) is 6.29 Å². The topological polar surface area (TPSA) is 79.2 Å². The number of phenols is 1. The number of benzene rings is 2. The van der Waals surface area contributed by atoms with Gasteiger partial charge in [0, 0.05) is 6.42 Å². The number of phenolic OH excluding ortho intramolecular Hbond substituents is 1. The van der Waals surface area contributed by atoms with Crippen LogP contribution in [0.15, 0.2) is 36.4 Å². The highest BCUT2D eigenvalue weighted by Gasteiger charge is 2.35. The van der Waals surface area contributed by atoms with Gasteiger partial charge in [-0.25, -0.2) is 0 Å². The van der Waals surface area contributed by atoms with Gasteiger partial charge in [0.15, 0.2) is 11.5 Å². The molecule has 0 spiro atoms. The van der Waals surface area contributed by atoms with Crippen molar-refractivity contribution in [3.05, 3.63) is 36.4 Å². The van der Waals surface area contributed by atoms with E-state index >= 15 is 0 Å². The lowest BCUT2D eigenvalue weighted by molar-refractivity contribution is -0.0937. The first-order chi connectivity index (χ1) is 9.67. The molecular formula is C15H16O5. The molecule has 3 rings (SSSR count). The molecule has 2 aromatic carbocycles. The van der Waals surface area contributed by atoms with Crippen LogP contribution in [0.2, 0.25) is 0 Å². The maximum Gasteiger partial charge on any atom is 0.203 e. The van der Waals surface area contributed by atoms with Gasteiger partial charge in [0.05, 0.1) is 12.7 Å². The summed E-state index contributed by atoms with van der Waals surface area (Å²) >= 11 is 0. The second-order valence-electron chi connectivity index (χ2n) is 4.87. The molecule has 1 heterocycles. The van der Waals surface area contributed by atoms with Crippen molar-refractivity contribution < 1.29 is 24.8 Å². The summed E-state index contributed by atoms with van der Waals surface area (Å²) in [5.74, 6) is 0.328. The van der Waals surface area contributed by atoms with E-state index in [-0.39, 0.29) is 18.8 Å². The maximum absolute atomic E-state index is 9.97. The Morgan fingerprint density at radius 3 is 2.55 bits per heavy atom. The van der Waals surface area contributed by atoms with E-state index in [0.717, 1.165) is 10.8 Å². The molecule has 1 saturated heterocycles. The summed E-state index contributed by atoms with van der Waals surface area (Å²) in [6.45, 7) is -0.259. The van der Waals surface area contributed by atoms with E-state index in [0.29, 0.717) is 5.75 Å². The first kappa shape index (κ1) is 13.2. The van der Waals surface area contributed by atoms with Crippen LogP contribution in [0.1, 0.15) is 6.42 Å². The van der Waals surface area contributed by atoms with E-state index in [1.54, 1.807) is 12.1 Å². The molecule has 1 unspecified atom stereocenters. The van der Waals surface area contributed by atoms with Gasteiger partial charge in [-0.3, -0.25) is 0 Å². The standard InChI is InChI=1S/C15H16O5/c16-8-14-12(18)7-15(20-14)19-13-6-10-4-2-1-3-9(10)5-11(13)17/h1-6,12,14-18H,7-8H2/t12-,14?,15-/m1/s1. The fourth-order valence-corrected chi connectivity index (χ4v) is 2.37. The first-order valence-electron chi connectivity index (χ1n) is 6.50. The molecule has 3 N–H and O–H groups in total. The van der Waals surface area contributed by atoms with Crippen LogP contribution in [0.25, 0.3) is 10.8 Å². The Morgan fingerprint density at radius 2 is 1.90 bits per heavy atom. The van der Waals surface area contributed by atoms with E-state index in [9.17, 15) is 10.2 Å². The molecular weight excluding hydrogens is 260 g/mol. The number of hydrogen-bond donors (Lipinski definition) is 3. The molecule has 5 nitrogen and oxygen atoms in total. The van der Waals surface area contributed by atoms with E-state index in [2.05, 4.69) is 0 Å². The predicted octanol–water partition coefficient (Wildman–Crippen LogP) is 1.39. The van der Waals surface area contributed by atoms with Crippen LogP contribution in [0.3, 0.4) is 0 Å². The zero-order valence-corrected chi connectivity index (χ0v) is 10.8. The smallest absolute Gasteiger partial charge is 0.203 e. The minimum atomic E-state index is -0.757. The van der Waals surface area contributed by atoms with Gasteiger partial charge < -0.3 is 24.8 Å². The SMILES string of the molecule is OCC1O[C@@H](Oc2cc3ccccc3cc2O)C[C@H]1O. The number of ether oxygens (including phenoxy) is 2. The molecule has 0 radical (unpaired) electrons. The highest BCUT2D eigenvalue weighted by Crippen LogP contribution is 2.34. The van der Waals surface area contributed by atoms with Gasteiger partial charge in [0.25, 0.3) is 0 Å². The number of aromatic hydroxyl groups is 1. The molecule has 1 fully saturated rings. The summed E-state index contributed by atoms with van der Waals surface area (Å²) in [5, 5.41) is 30.5.